The average molecular weight is 408 g/mol. The Balaban J connectivity index is 3.85. The monoisotopic (exact) mass is 407 g/mol. The van der Waals surface area contributed by atoms with Gasteiger partial charge < -0.3 is 5.73 Å². The molecular weight excluding hydrogens is 354 g/mol. The lowest BCUT2D eigenvalue weighted by atomic mass is 9.88. The SMILES string of the molecule is CCC=C(CCCCCCCCCCCCCCC)C(CCCCCC)C(N)=O. The van der Waals surface area contributed by atoms with Crippen molar-refractivity contribution >= 4 is 5.91 Å². The third-order valence-electron chi connectivity index (χ3n) is 6.17. The number of nitrogens with two attached hydrogens (primary N) is 1. The summed E-state index contributed by atoms with van der Waals surface area (Å²) in [5.74, 6) is -0.139. The first kappa shape index (κ1) is 28.2. The minimum absolute atomic E-state index is 0.0240. The first-order chi connectivity index (χ1) is 14.2. The fourth-order valence-electron chi connectivity index (χ4n) is 4.31. The van der Waals surface area contributed by atoms with E-state index in [0.717, 1.165) is 25.7 Å². The third-order valence-corrected chi connectivity index (χ3v) is 6.17. The van der Waals surface area contributed by atoms with Gasteiger partial charge in [0.25, 0.3) is 0 Å². The third kappa shape index (κ3) is 17.8. The van der Waals surface area contributed by atoms with E-state index in [1.54, 1.807) is 0 Å². The molecule has 0 spiro atoms. The maximum absolute atomic E-state index is 12.0. The van der Waals surface area contributed by atoms with Gasteiger partial charge in [-0.2, -0.15) is 0 Å². The van der Waals surface area contributed by atoms with Gasteiger partial charge in [-0.25, -0.2) is 0 Å². The molecule has 1 unspecified atom stereocenters. The van der Waals surface area contributed by atoms with Crippen LogP contribution in [-0.2, 0) is 4.79 Å². The highest BCUT2D eigenvalue weighted by atomic mass is 16.1. The summed E-state index contributed by atoms with van der Waals surface area (Å²) in [6, 6.07) is 0. The first-order valence-electron chi connectivity index (χ1n) is 13.2. The second-order valence-corrected chi connectivity index (χ2v) is 8.98. The topological polar surface area (TPSA) is 43.1 Å². The van der Waals surface area contributed by atoms with Gasteiger partial charge in [-0.1, -0.05) is 135 Å². The van der Waals surface area contributed by atoms with Gasteiger partial charge in [-0.15, -0.1) is 0 Å². The highest BCUT2D eigenvalue weighted by molar-refractivity contribution is 5.79. The van der Waals surface area contributed by atoms with Crippen molar-refractivity contribution < 1.29 is 4.79 Å². The Labute approximate surface area is 183 Å². The standard InChI is InChI=1S/C27H53NO/c1-4-7-9-11-12-13-14-15-16-17-18-19-20-23-25(22-6-3)26(27(28)29)24-21-10-8-5-2/h22,26H,4-21,23-24H2,1-3H3,(H2,28,29). The normalized spacial score (nSPS) is 13.0. The molecule has 2 nitrogen and oxygen atoms in total. The van der Waals surface area contributed by atoms with Crippen molar-refractivity contribution in [1.29, 1.82) is 0 Å². The van der Waals surface area contributed by atoms with E-state index in [2.05, 4.69) is 26.8 Å². The Kier molecular flexibility index (Phi) is 21.3. The molecule has 0 aliphatic carbocycles. The molecule has 0 saturated heterocycles. The number of unbranched alkanes of at least 4 members (excludes halogenated alkanes) is 15. The second kappa shape index (κ2) is 21.9. The largest absolute Gasteiger partial charge is 0.369 e. The predicted molar refractivity (Wildman–Crippen MR) is 130 cm³/mol. The molecule has 0 fully saturated rings. The molecule has 1 atom stereocenters. The molecule has 172 valence electrons. The number of carbonyl (C=O) groups excluding carboxylic acids is 1. The zero-order chi connectivity index (χ0) is 21.6. The Hall–Kier alpha value is -0.790. The molecule has 1 amide bonds. The summed E-state index contributed by atoms with van der Waals surface area (Å²) in [7, 11) is 0. The molecule has 0 radical (unpaired) electrons. The van der Waals surface area contributed by atoms with Crippen LogP contribution in [0, 0.1) is 5.92 Å². The number of primary amides is 1. The lowest BCUT2D eigenvalue weighted by Crippen LogP contribution is -2.25. The van der Waals surface area contributed by atoms with Crippen LogP contribution >= 0.6 is 0 Å². The van der Waals surface area contributed by atoms with Crippen LogP contribution in [0.2, 0.25) is 0 Å². The fraction of sp³-hybridized carbons (Fsp3) is 0.889. The minimum atomic E-state index is -0.115. The highest BCUT2D eigenvalue weighted by Gasteiger charge is 2.19. The number of allylic oxidation sites excluding steroid dienone is 1. The van der Waals surface area contributed by atoms with E-state index in [9.17, 15) is 4.79 Å². The van der Waals surface area contributed by atoms with E-state index in [-0.39, 0.29) is 11.8 Å². The second-order valence-electron chi connectivity index (χ2n) is 8.98. The van der Waals surface area contributed by atoms with Crippen LogP contribution in [0.4, 0.5) is 0 Å². The van der Waals surface area contributed by atoms with Gasteiger partial charge in [0.2, 0.25) is 5.91 Å². The summed E-state index contributed by atoms with van der Waals surface area (Å²) in [4.78, 5) is 12.0. The molecule has 0 aromatic rings. The van der Waals surface area contributed by atoms with Crippen LogP contribution in [0.5, 0.6) is 0 Å². The smallest absolute Gasteiger partial charge is 0.224 e. The summed E-state index contributed by atoms with van der Waals surface area (Å²) >= 11 is 0. The van der Waals surface area contributed by atoms with E-state index in [0.29, 0.717) is 0 Å². The van der Waals surface area contributed by atoms with E-state index in [1.807, 2.05) is 0 Å². The summed E-state index contributed by atoms with van der Waals surface area (Å²) in [5.41, 5.74) is 7.07. The fourth-order valence-corrected chi connectivity index (χ4v) is 4.31. The lowest BCUT2D eigenvalue weighted by molar-refractivity contribution is -0.121. The van der Waals surface area contributed by atoms with Crippen molar-refractivity contribution in [2.45, 2.75) is 149 Å². The molecule has 2 heteroatoms. The highest BCUT2D eigenvalue weighted by Crippen LogP contribution is 2.25. The van der Waals surface area contributed by atoms with Gasteiger partial charge in [0.15, 0.2) is 0 Å². The lowest BCUT2D eigenvalue weighted by Gasteiger charge is -2.18. The van der Waals surface area contributed by atoms with Crippen molar-refractivity contribution in [1.82, 2.24) is 0 Å². The zero-order valence-electron chi connectivity index (χ0n) is 20.3. The van der Waals surface area contributed by atoms with Crippen LogP contribution in [0.25, 0.3) is 0 Å². The van der Waals surface area contributed by atoms with Crippen LogP contribution in [0.1, 0.15) is 149 Å². The van der Waals surface area contributed by atoms with Gasteiger partial charge in [-0.05, 0) is 25.7 Å². The summed E-state index contributed by atoms with van der Waals surface area (Å²) in [6.07, 6.45) is 28.1. The summed E-state index contributed by atoms with van der Waals surface area (Å²) in [6.45, 7) is 6.67. The van der Waals surface area contributed by atoms with Crippen LogP contribution in [0.3, 0.4) is 0 Å². The van der Waals surface area contributed by atoms with Gasteiger partial charge in [0.1, 0.15) is 0 Å². The molecule has 0 saturated carbocycles. The molecule has 29 heavy (non-hydrogen) atoms. The summed E-state index contributed by atoms with van der Waals surface area (Å²) < 4.78 is 0. The summed E-state index contributed by atoms with van der Waals surface area (Å²) in [5, 5.41) is 0. The number of amides is 1. The molecule has 0 rings (SSSR count). The van der Waals surface area contributed by atoms with E-state index in [1.165, 1.54) is 108 Å². The van der Waals surface area contributed by atoms with Gasteiger partial charge in [0, 0.05) is 0 Å². The van der Waals surface area contributed by atoms with Crippen molar-refractivity contribution in [3.63, 3.8) is 0 Å². The van der Waals surface area contributed by atoms with Crippen molar-refractivity contribution in [3.05, 3.63) is 11.6 Å². The number of hydrogen-bond donors (Lipinski definition) is 1. The van der Waals surface area contributed by atoms with Crippen LogP contribution in [0.15, 0.2) is 11.6 Å². The Morgan fingerprint density at radius 1 is 0.655 bits per heavy atom. The minimum Gasteiger partial charge on any atom is -0.369 e. The maximum Gasteiger partial charge on any atom is 0.224 e. The predicted octanol–water partition coefficient (Wildman–Crippen LogP) is 8.88. The van der Waals surface area contributed by atoms with Crippen molar-refractivity contribution in [2.75, 3.05) is 0 Å². The molecule has 0 bridgehead atoms. The number of rotatable bonds is 22. The Morgan fingerprint density at radius 2 is 1.07 bits per heavy atom. The molecule has 2 N–H and O–H groups in total. The van der Waals surface area contributed by atoms with E-state index in [4.69, 9.17) is 5.73 Å². The Bertz CT molecular complexity index is 388. The number of hydrogen-bond acceptors (Lipinski definition) is 1. The quantitative estimate of drug-likeness (QED) is 0.141. The molecule has 0 aromatic heterocycles. The number of carbonyl (C=O) groups is 1. The average Bonchev–Trinajstić information content (AvgIpc) is 2.70. The molecular formula is C27H53NO. The molecule has 0 aliphatic rings. The van der Waals surface area contributed by atoms with E-state index < -0.39 is 0 Å². The maximum atomic E-state index is 12.0. The molecule has 0 aliphatic heterocycles. The van der Waals surface area contributed by atoms with Gasteiger partial charge >= 0.3 is 0 Å². The van der Waals surface area contributed by atoms with Crippen molar-refractivity contribution in [3.8, 4) is 0 Å². The van der Waals surface area contributed by atoms with Gasteiger partial charge in [0.05, 0.1) is 5.92 Å². The Morgan fingerprint density at radius 3 is 1.48 bits per heavy atom. The zero-order valence-corrected chi connectivity index (χ0v) is 20.3. The van der Waals surface area contributed by atoms with E-state index >= 15 is 0 Å². The van der Waals surface area contributed by atoms with Gasteiger partial charge in [-0.3, -0.25) is 4.79 Å². The molecule has 0 heterocycles. The van der Waals surface area contributed by atoms with Crippen LogP contribution in [-0.4, -0.2) is 5.91 Å². The molecule has 0 aromatic carbocycles. The first-order valence-corrected chi connectivity index (χ1v) is 13.2. The van der Waals surface area contributed by atoms with Crippen molar-refractivity contribution in [2.24, 2.45) is 11.7 Å². The van der Waals surface area contributed by atoms with Crippen LogP contribution < -0.4 is 5.73 Å².